The molecule has 4 aromatic rings. The van der Waals surface area contributed by atoms with Crippen molar-refractivity contribution < 1.29 is 4.74 Å². The van der Waals surface area contributed by atoms with Gasteiger partial charge in [-0.1, -0.05) is 30.3 Å². The highest BCUT2D eigenvalue weighted by Crippen LogP contribution is 2.43. The first-order chi connectivity index (χ1) is 13.9. The number of fused-ring (bicyclic) bond motifs is 5. The quantitative estimate of drug-likeness (QED) is 0.514. The number of anilines is 1. The molecular formula is C22H20N4OS. The second-order valence-electron chi connectivity index (χ2n) is 7.39. The molecule has 0 N–H and O–H groups in total. The Bertz CT molecular complexity index is 1180. The SMILES string of the molecule is c1ccc(-c2nc3sc4c(N5CCOCC5)ncnc4c3c3c2CCC3)cc1. The molecule has 1 fully saturated rings. The van der Waals surface area contributed by atoms with Crippen LogP contribution < -0.4 is 4.90 Å². The Balaban J connectivity index is 1.63. The van der Waals surface area contributed by atoms with Gasteiger partial charge in [-0.25, -0.2) is 15.0 Å². The molecule has 1 saturated heterocycles. The van der Waals surface area contributed by atoms with Gasteiger partial charge in [0.2, 0.25) is 0 Å². The van der Waals surface area contributed by atoms with Crippen LogP contribution in [0.15, 0.2) is 36.7 Å². The van der Waals surface area contributed by atoms with Gasteiger partial charge >= 0.3 is 0 Å². The van der Waals surface area contributed by atoms with Crippen LogP contribution in [0.4, 0.5) is 5.82 Å². The minimum atomic E-state index is 0.752. The number of ether oxygens (including phenoxy) is 1. The fraction of sp³-hybridized carbons (Fsp3) is 0.318. The van der Waals surface area contributed by atoms with Crippen LogP contribution in [-0.4, -0.2) is 41.3 Å². The second kappa shape index (κ2) is 6.50. The van der Waals surface area contributed by atoms with E-state index in [1.807, 2.05) is 0 Å². The van der Waals surface area contributed by atoms with Crippen molar-refractivity contribution in [1.29, 1.82) is 0 Å². The zero-order valence-corrected chi connectivity index (χ0v) is 16.3. The Morgan fingerprint density at radius 2 is 1.79 bits per heavy atom. The highest BCUT2D eigenvalue weighted by Gasteiger charge is 2.26. The molecule has 1 aromatic carbocycles. The number of morpholine rings is 1. The van der Waals surface area contributed by atoms with Gasteiger partial charge in [-0.2, -0.15) is 0 Å². The van der Waals surface area contributed by atoms with Crippen LogP contribution in [-0.2, 0) is 17.6 Å². The Morgan fingerprint density at radius 3 is 2.64 bits per heavy atom. The fourth-order valence-electron chi connectivity index (χ4n) is 4.52. The summed E-state index contributed by atoms with van der Waals surface area (Å²) in [6.45, 7) is 3.26. The third kappa shape index (κ3) is 2.45. The maximum atomic E-state index is 5.52. The first-order valence-corrected chi connectivity index (χ1v) is 10.7. The van der Waals surface area contributed by atoms with Crippen LogP contribution in [0.5, 0.6) is 0 Å². The standard InChI is InChI=1S/C22H20N4OS/c1-2-5-14(6-3-1)18-16-8-4-7-15(16)17-19-20(28-22(17)25-18)21(24-13-23-19)26-9-11-27-12-10-26/h1-3,5-6,13H,4,7-12H2. The largest absolute Gasteiger partial charge is 0.378 e. The molecule has 0 saturated carbocycles. The summed E-state index contributed by atoms with van der Waals surface area (Å²) in [6, 6.07) is 10.6. The Labute approximate surface area is 167 Å². The van der Waals surface area contributed by atoms with E-state index in [1.54, 1.807) is 17.7 Å². The van der Waals surface area contributed by atoms with Crippen LogP contribution in [0.1, 0.15) is 17.5 Å². The van der Waals surface area contributed by atoms with Crippen molar-refractivity contribution in [3.8, 4) is 11.3 Å². The minimum absolute atomic E-state index is 0.752. The molecule has 6 rings (SSSR count). The number of nitrogens with zero attached hydrogens (tertiary/aromatic N) is 4. The van der Waals surface area contributed by atoms with Gasteiger partial charge in [0.25, 0.3) is 0 Å². The minimum Gasteiger partial charge on any atom is -0.378 e. The van der Waals surface area contributed by atoms with E-state index in [0.29, 0.717) is 0 Å². The molecule has 2 aliphatic rings. The molecule has 0 unspecified atom stereocenters. The van der Waals surface area contributed by atoms with Gasteiger partial charge in [-0.15, -0.1) is 11.3 Å². The normalized spacial score (nSPS) is 16.8. The van der Waals surface area contributed by atoms with Crippen LogP contribution in [0.3, 0.4) is 0 Å². The lowest BCUT2D eigenvalue weighted by molar-refractivity contribution is 0.122. The van der Waals surface area contributed by atoms with E-state index < -0.39 is 0 Å². The van der Waals surface area contributed by atoms with E-state index >= 15 is 0 Å². The van der Waals surface area contributed by atoms with Crippen LogP contribution in [0.25, 0.3) is 31.7 Å². The molecule has 28 heavy (non-hydrogen) atoms. The molecule has 0 radical (unpaired) electrons. The second-order valence-corrected chi connectivity index (χ2v) is 8.39. The predicted molar refractivity (Wildman–Crippen MR) is 113 cm³/mol. The van der Waals surface area contributed by atoms with Crippen molar-refractivity contribution in [3.63, 3.8) is 0 Å². The summed E-state index contributed by atoms with van der Waals surface area (Å²) in [5.74, 6) is 1.03. The lowest BCUT2D eigenvalue weighted by atomic mass is 10.0. The maximum absolute atomic E-state index is 5.52. The fourth-order valence-corrected chi connectivity index (χ4v) is 5.70. The highest BCUT2D eigenvalue weighted by atomic mass is 32.1. The number of rotatable bonds is 2. The number of aromatic nitrogens is 3. The lowest BCUT2D eigenvalue weighted by Crippen LogP contribution is -2.36. The van der Waals surface area contributed by atoms with Gasteiger partial charge in [-0.05, 0) is 30.4 Å². The molecule has 0 amide bonds. The predicted octanol–water partition coefficient (Wildman–Crippen LogP) is 4.23. The van der Waals surface area contributed by atoms with Gasteiger partial charge in [0.15, 0.2) is 0 Å². The summed E-state index contributed by atoms with van der Waals surface area (Å²) in [5.41, 5.74) is 6.28. The van der Waals surface area contributed by atoms with Crippen molar-refractivity contribution >= 4 is 37.6 Å². The molecule has 140 valence electrons. The van der Waals surface area contributed by atoms with Gasteiger partial charge < -0.3 is 9.64 Å². The molecule has 0 bridgehead atoms. The van der Waals surface area contributed by atoms with Crippen molar-refractivity contribution in [3.05, 3.63) is 47.8 Å². The molecule has 1 aliphatic carbocycles. The van der Waals surface area contributed by atoms with Gasteiger partial charge in [-0.3, -0.25) is 0 Å². The third-order valence-electron chi connectivity index (χ3n) is 5.81. The smallest absolute Gasteiger partial charge is 0.150 e. The van der Waals surface area contributed by atoms with E-state index in [9.17, 15) is 0 Å². The average Bonchev–Trinajstić information content (AvgIpc) is 3.38. The van der Waals surface area contributed by atoms with Crippen molar-refractivity contribution in [2.75, 3.05) is 31.2 Å². The summed E-state index contributed by atoms with van der Waals surface area (Å²) >= 11 is 1.74. The number of hydrogen-bond acceptors (Lipinski definition) is 6. The van der Waals surface area contributed by atoms with Gasteiger partial charge in [0, 0.05) is 24.0 Å². The molecule has 4 heterocycles. The zero-order chi connectivity index (χ0) is 18.5. The molecule has 5 nitrogen and oxygen atoms in total. The topological polar surface area (TPSA) is 51.1 Å². The van der Waals surface area contributed by atoms with E-state index in [-0.39, 0.29) is 0 Å². The van der Waals surface area contributed by atoms with Gasteiger partial charge in [0.1, 0.15) is 17.0 Å². The number of thiophene rings is 1. The van der Waals surface area contributed by atoms with Crippen molar-refractivity contribution in [1.82, 2.24) is 15.0 Å². The Hall–Kier alpha value is -2.57. The van der Waals surface area contributed by atoms with E-state index in [1.165, 1.54) is 28.5 Å². The summed E-state index contributed by atoms with van der Waals surface area (Å²) < 4.78 is 6.68. The summed E-state index contributed by atoms with van der Waals surface area (Å²) in [4.78, 5) is 17.9. The Morgan fingerprint density at radius 1 is 0.964 bits per heavy atom. The number of benzene rings is 1. The van der Waals surface area contributed by atoms with Crippen molar-refractivity contribution in [2.24, 2.45) is 0 Å². The van der Waals surface area contributed by atoms with E-state index in [4.69, 9.17) is 14.7 Å². The number of hydrogen-bond donors (Lipinski definition) is 0. The summed E-state index contributed by atoms with van der Waals surface area (Å²) in [7, 11) is 0. The molecule has 6 heteroatoms. The lowest BCUT2D eigenvalue weighted by Gasteiger charge is -2.27. The van der Waals surface area contributed by atoms with E-state index in [0.717, 1.165) is 65.7 Å². The number of pyridine rings is 1. The molecule has 1 aliphatic heterocycles. The summed E-state index contributed by atoms with van der Waals surface area (Å²) in [5, 5.41) is 1.25. The highest BCUT2D eigenvalue weighted by molar-refractivity contribution is 7.26. The molecular weight excluding hydrogens is 368 g/mol. The molecule has 0 atom stereocenters. The third-order valence-corrected chi connectivity index (χ3v) is 6.88. The monoisotopic (exact) mass is 388 g/mol. The van der Waals surface area contributed by atoms with E-state index in [2.05, 4.69) is 40.2 Å². The van der Waals surface area contributed by atoms with Crippen LogP contribution >= 0.6 is 11.3 Å². The Kier molecular flexibility index (Phi) is 3.80. The summed E-state index contributed by atoms with van der Waals surface area (Å²) in [6.07, 6.45) is 5.11. The first-order valence-electron chi connectivity index (χ1n) is 9.87. The van der Waals surface area contributed by atoms with Crippen LogP contribution in [0, 0.1) is 0 Å². The van der Waals surface area contributed by atoms with Crippen molar-refractivity contribution in [2.45, 2.75) is 19.3 Å². The number of aryl methyl sites for hydroxylation is 1. The molecule has 0 spiro atoms. The average molecular weight is 388 g/mol. The van der Waals surface area contributed by atoms with Crippen LogP contribution in [0.2, 0.25) is 0 Å². The maximum Gasteiger partial charge on any atom is 0.150 e. The first kappa shape index (κ1) is 16.4. The van der Waals surface area contributed by atoms with Gasteiger partial charge in [0.05, 0.1) is 29.1 Å². The molecule has 3 aromatic heterocycles. The zero-order valence-electron chi connectivity index (χ0n) is 15.5.